The number of hydrogen-bond donors (Lipinski definition) is 1. The van der Waals surface area contributed by atoms with E-state index in [1.165, 1.54) is 19.6 Å². The van der Waals surface area contributed by atoms with Crippen molar-refractivity contribution in [1.82, 2.24) is 5.32 Å². The van der Waals surface area contributed by atoms with E-state index in [2.05, 4.69) is 97.2 Å². The van der Waals surface area contributed by atoms with Crippen molar-refractivity contribution < 1.29 is 0 Å². The highest BCUT2D eigenvalue weighted by Crippen LogP contribution is 2.34. The highest BCUT2D eigenvalue weighted by atomic mass is 127. The standard InChI is InChI=1S/C14H14Br2INS/c1-3-18-14(9-5-13(17)19-7-9)10-6-11(15)8(2)4-12(10)16/h4-7,14,18H,3H2,1-2H3. The van der Waals surface area contributed by atoms with E-state index in [0.717, 1.165) is 15.5 Å². The zero-order valence-corrected chi connectivity index (χ0v) is 16.8. The maximum atomic E-state index is 3.70. The van der Waals surface area contributed by atoms with Gasteiger partial charge in [-0.1, -0.05) is 38.8 Å². The van der Waals surface area contributed by atoms with Gasteiger partial charge >= 0.3 is 0 Å². The number of hydrogen-bond acceptors (Lipinski definition) is 2. The molecule has 0 saturated carbocycles. The minimum absolute atomic E-state index is 0.232. The van der Waals surface area contributed by atoms with E-state index in [1.807, 2.05) is 0 Å². The molecule has 0 aliphatic rings. The van der Waals surface area contributed by atoms with Crippen LogP contribution < -0.4 is 5.32 Å². The zero-order valence-electron chi connectivity index (χ0n) is 10.6. The van der Waals surface area contributed by atoms with Gasteiger partial charge in [-0.2, -0.15) is 0 Å². The van der Waals surface area contributed by atoms with Gasteiger partial charge in [0.1, 0.15) is 0 Å². The molecule has 0 aliphatic heterocycles. The first-order valence-corrected chi connectivity index (χ1v) is 9.50. The van der Waals surface area contributed by atoms with Crippen LogP contribution in [0.15, 0.2) is 32.5 Å². The molecule has 5 heteroatoms. The number of nitrogens with one attached hydrogen (secondary N) is 1. The summed E-state index contributed by atoms with van der Waals surface area (Å²) in [6.45, 7) is 5.19. The first-order valence-electron chi connectivity index (χ1n) is 5.95. The Morgan fingerprint density at radius 1 is 1.26 bits per heavy atom. The molecule has 0 radical (unpaired) electrons. The summed E-state index contributed by atoms with van der Waals surface area (Å²) in [5.74, 6) is 0. The summed E-state index contributed by atoms with van der Waals surface area (Å²) in [6.07, 6.45) is 0. The van der Waals surface area contributed by atoms with E-state index < -0.39 is 0 Å². The van der Waals surface area contributed by atoms with E-state index in [0.29, 0.717) is 0 Å². The maximum Gasteiger partial charge on any atom is 0.0656 e. The Balaban J connectivity index is 2.47. The summed E-state index contributed by atoms with van der Waals surface area (Å²) in [5, 5.41) is 5.80. The van der Waals surface area contributed by atoms with Crippen LogP contribution in [-0.2, 0) is 0 Å². The Bertz CT molecular complexity index is 583. The summed E-state index contributed by atoms with van der Waals surface area (Å²) in [6, 6.07) is 6.85. The molecule has 0 fully saturated rings. The molecule has 1 aromatic carbocycles. The van der Waals surface area contributed by atoms with Crippen molar-refractivity contribution in [2.75, 3.05) is 6.54 Å². The van der Waals surface area contributed by atoms with Crippen molar-refractivity contribution >= 4 is 65.8 Å². The average Bonchev–Trinajstić information content (AvgIpc) is 2.78. The molecule has 0 aliphatic carbocycles. The van der Waals surface area contributed by atoms with Gasteiger partial charge in [0.2, 0.25) is 0 Å². The van der Waals surface area contributed by atoms with Crippen molar-refractivity contribution in [2.24, 2.45) is 0 Å². The largest absolute Gasteiger partial charge is 0.306 e. The molecule has 1 N–H and O–H groups in total. The lowest BCUT2D eigenvalue weighted by atomic mass is 10.00. The van der Waals surface area contributed by atoms with Crippen LogP contribution in [0.4, 0.5) is 0 Å². The summed E-state index contributed by atoms with van der Waals surface area (Å²) in [4.78, 5) is 0. The van der Waals surface area contributed by atoms with E-state index in [4.69, 9.17) is 0 Å². The molecule has 19 heavy (non-hydrogen) atoms. The topological polar surface area (TPSA) is 12.0 Å². The van der Waals surface area contributed by atoms with Crippen LogP contribution in [0.2, 0.25) is 0 Å². The molecule has 1 aromatic heterocycles. The van der Waals surface area contributed by atoms with Gasteiger partial charge in [0.15, 0.2) is 0 Å². The quantitative estimate of drug-likeness (QED) is 0.502. The lowest BCUT2D eigenvalue weighted by Gasteiger charge is -2.20. The van der Waals surface area contributed by atoms with Crippen molar-refractivity contribution in [3.63, 3.8) is 0 Å². The lowest BCUT2D eigenvalue weighted by Crippen LogP contribution is -2.22. The number of thiophene rings is 1. The van der Waals surface area contributed by atoms with Gasteiger partial charge in [-0.3, -0.25) is 0 Å². The van der Waals surface area contributed by atoms with Gasteiger partial charge in [0, 0.05) is 8.95 Å². The molecule has 2 rings (SSSR count). The normalized spacial score (nSPS) is 12.7. The first kappa shape index (κ1) is 15.9. The third-order valence-corrected chi connectivity index (χ3v) is 6.27. The molecule has 1 nitrogen and oxygen atoms in total. The molecule has 1 unspecified atom stereocenters. The smallest absolute Gasteiger partial charge is 0.0656 e. The highest BCUT2D eigenvalue weighted by Gasteiger charge is 2.18. The van der Waals surface area contributed by atoms with Crippen molar-refractivity contribution in [2.45, 2.75) is 19.9 Å². The Morgan fingerprint density at radius 3 is 2.58 bits per heavy atom. The van der Waals surface area contributed by atoms with Crippen LogP contribution in [0.1, 0.15) is 29.7 Å². The van der Waals surface area contributed by atoms with Gasteiger partial charge in [0.05, 0.1) is 8.93 Å². The summed E-state index contributed by atoms with van der Waals surface area (Å²) >= 11 is 11.5. The Morgan fingerprint density at radius 2 is 2.00 bits per heavy atom. The minimum Gasteiger partial charge on any atom is -0.306 e. The van der Waals surface area contributed by atoms with E-state index in [1.54, 1.807) is 11.3 Å². The van der Waals surface area contributed by atoms with Gasteiger partial charge < -0.3 is 5.32 Å². The fraction of sp³-hybridized carbons (Fsp3) is 0.286. The first-order chi connectivity index (χ1) is 9.02. The SMILES string of the molecule is CCNC(c1csc(I)c1)c1cc(Br)c(C)cc1Br. The van der Waals surface area contributed by atoms with E-state index in [-0.39, 0.29) is 6.04 Å². The van der Waals surface area contributed by atoms with Crippen LogP contribution >= 0.6 is 65.8 Å². The second-order valence-electron chi connectivity index (χ2n) is 4.30. The summed E-state index contributed by atoms with van der Waals surface area (Å²) < 4.78 is 3.62. The molecule has 0 bridgehead atoms. The predicted molar refractivity (Wildman–Crippen MR) is 99.1 cm³/mol. The number of rotatable bonds is 4. The maximum absolute atomic E-state index is 3.70. The Kier molecular flexibility index (Phi) is 5.90. The van der Waals surface area contributed by atoms with Crippen molar-refractivity contribution in [3.05, 3.63) is 52.1 Å². The van der Waals surface area contributed by atoms with Crippen molar-refractivity contribution in [1.29, 1.82) is 0 Å². The minimum atomic E-state index is 0.232. The zero-order chi connectivity index (χ0) is 14.0. The fourth-order valence-corrected chi connectivity index (χ4v) is 4.41. The molecular weight excluding hydrogens is 501 g/mol. The average molecular weight is 515 g/mol. The molecule has 0 saturated heterocycles. The third kappa shape index (κ3) is 3.81. The van der Waals surface area contributed by atoms with Crippen LogP contribution in [0, 0.1) is 9.81 Å². The van der Waals surface area contributed by atoms with Crippen LogP contribution in [0.25, 0.3) is 0 Å². The van der Waals surface area contributed by atoms with Crippen LogP contribution in [0.5, 0.6) is 0 Å². The second-order valence-corrected chi connectivity index (χ2v) is 8.81. The van der Waals surface area contributed by atoms with Gasteiger partial charge in [-0.05, 0) is 76.3 Å². The molecule has 102 valence electrons. The summed E-state index contributed by atoms with van der Waals surface area (Å²) in [7, 11) is 0. The van der Waals surface area contributed by atoms with Crippen LogP contribution in [-0.4, -0.2) is 6.54 Å². The molecular formula is C14H14Br2INS. The van der Waals surface area contributed by atoms with E-state index >= 15 is 0 Å². The molecule has 1 atom stereocenters. The molecule has 0 amide bonds. The van der Waals surface area contributed by atoms with Gasteiger partial charge in [0.25, 0.3) is 0 Å². The van der Waals surface area contributed by atoms with Crippen LogP contribution in [0.3, 0.4) is 0 Å². The summed E-state index contributed by atoms with van der Waals surface area (Å²) in [5.41, 5.74) is 3.84. The predicted octanol–water partition coefficient (Wildman–Crippen LogP) is 5.89. The van der Waals surface area contributed by atoms with Gasteiger partial charge in [-0.15, -0.1) is 11.3 Å². The number of benzene rings is 1. The second kappa shape index (κ2) is 7.02. The molecule has 2 aromatic rings. The highest BCUT2D eigenvalue weighted by molar-refractivity contribution is 14.1. The Hall–Kier alpha value is 0.570. The number of aryl methyl sites for hydroxylation is 1. The number of halogens is 3. The van der Waals surface area contributed by atoms with E-state index in [9.17, 15) is 0 Å². The van der Waals surface area contributed by atoms with Gasteiger partial charge in [-0.25, -0.2) is 0 Å². The fourth-order valence-electron chi connectivity index (χ4n) is 1.97. The molecule has 0 spiro atoms. The third-order valence-electron chi connectivity index (χ3n) is 2.92. The lowest BCUT2D eigenvalue weighted by molar-refractivity contribution is 0.629. The van der Waals surface area contributed by atoms with Crippen molar-refractivity contribution in [3.8, 4) is 0 Å². The Labute approximate surface area is 148 Å². The molecule has 1 heterocycles. The monoisotopic (exact) mass is 513 g/mol.